The van der Waals surface area contributed by atoms with Gasteiger partial charge in [-0.15, -0.1) is 0 Å². The molecule has 104 valence electrons. The molecule has 1 heterocycles. The summed E-state index contributed by atoms with van der Waals surface area (Å²) in [5.41, 5.74) is 11.0. The third-order valence-corrected chi connectivity index (χ3v) is 2.66. The largest absolute Gasteiger partial charge is 0.394 e. The number of carbonyl (C=O) groups excluding carboxylic acids is 1. The third kappa shape index (κ3) is 4.21. The van der Waals surface area contributed by atoms with Crippen LogP contribution in [-0.2, 0) is 21.3 Å². The van der Waals surface area contributed by atoms with Gasteiger partial charge in [-0.25, -0.2) is 13.4 Å². The first-order chi connectivity index (χ1) is 8.95. The quantitative estimate of drug-likeness (QED) is 0.264. The summed E-state index contributed by atoms with van der Waals surface area (Å²) in [6.45, 7) is 2.06. The summed E-state index contributed by atoms with van der Waals surface area (Å²) in [5.74, 6) is -1.18. The number of rotatable bonds is 6. The van der Waals surface area contributed by atoms with Crippen LogP contribution in [0.4, 0.5) is 0 Å². The molecule has 0 radical (unpaired) electrons. The van der Waals surface area contributed by atoms with Gasteiger partial charge in [-0.05, 0) is 18.6 Å². The van der Waals surface area contributed by atoms with Crippen LogP contribution in [0.2, 0.25) is 0 Å². The lowest BCUT2D eigenvalue weighted by molar-refractivity contribution is 0.0995. The van der Waals surface area contributed by atoms with Crippen LogP contribution in [0.15, 0.2) is 17.3 Å². The molecule has 1 rings (SSSR count). The molecule has 0 aromatic carbocycles. The van der Waals surface area contributed by atoms with E-state index in [9.17, 15) is 13.2 Å². The van der Waals surface area contributed by atoms with Crippen LogP contribution in [0.5, 0.6) is 0 Å². The fraction of sp³-hybridized carbons (Fsp3) is 0.300. The van der Waals surface area contributed by atoms with Gasteiger partial charge in [0.25, 0.3) is 5.91 Å². The molecule has 8 nitrogen and oxygen atoms in total. The van der Waals surface area contributed by atoms with E-state index in [4.69, 9.17) is 16.3 Å². The SMILES string of the molecule is CCO/N=C(\N)c1ccc(C[SH](=O)=O)c(C(N)=O)n1. The lowest BCUT2D eigenvalue weighted by Crippen LogP contribution is -2.21. The number of oxime groups is 1. The molecule has 0 aliphatic heterocycles. The van der Waals surface area contributed by atoms with Gasteiger partial charge in [0.1, 0.15) is 28.7 Å². The van der Waals surface area contributed by atoms with E-state index in [1.54, 1.807) is 6.92 Å². The first-order valence-electron chi connectivity index (χ1n) is 5.33. The summed E-state index contributed by atoms with van der Waals surface area (Å²) in [6, 6.07) is 2.86. The Morgan fingerprint density at radius 3 is 2.63 bits per heavy atom. The van der Waals surface area contributed by atoms with E-state index < -0.39 is 16.6 Å². The molecular weight excluding hydrogens is 272 g/mol. The van der Waals surface area contributed by atoms with E-state index >= 15 is 0 Å². The number of aromatic nitrogens is 1. The maximum atomic E-state index is 11.2. The van der Waals surface area contributed by atoms with Crippen LogP contribution < -0.4 is 11.5 Å². The molecule has 0 saturated carbocycles. The fourth-order valence-electron chi connectivity index (χ4n) is 1.29. The Labute approximate surface area is 111 Å². The predicted octanol–water partition coefficient (Wildman–Crippen LogP) is -1.05. The number of hydrogen-bond donors (Lipinski definition) is 3. The Balaban J connectivity index is 3.19. The highest BCUT2D eigenvalue weighted by molar-refractivity contribution is 7.71. The monoisotopic (exact) mass is 286 g/mol. The van der Waals surface area contributed by atoms with E-state index in [-0.39, 0.29) is 28.5 Å². The second-order valence-corrected chi connectivity index (χ2v) is 4.44. The molecule has 4 N–H and O–H groups in total. The molecule has 0 spiro atoms. The van der Waals surface area contributed by atoms with Gasteiger partial charge >= 0.3 is 0 Å². The van der Waals surface area contributed by atoms with Crippen molar-refractivity contribution in [3.63, 3.8) is 0 Å². The van der Waals surface area contributed by atoms with Crippen molar-refractivity contribution in [2.24, 2.45) is 16.6 Å². The minimum absolute atomic E-state index is 0.0255. The molecule has 0 atom stereocenters. The van der Waals surface area contributed by atoms with Gasteiger partial charge in [-0.2, -0.15) is 0 Å². The van der Waals surface area contributed by atoms with Crippen molar-refractivity contribution in [2.75, 3.05) is 6.61 Å². The van der Waals surface area contributed by atoms with Crippen molar-refractivity contribution in [2.45, 2.75) is 12.7 Å². The summed E-state index contributed by atoms with van der Waals surface area (Å²) in [7, 11) is -2.69. The van der Waals surface area contributed by atoms with Crippen LogP contribution in [0, 0.1) is 0 Å². The van der Waals surface area contributed by atoms with Crippen LogP contribution >= 0.6 is 0 Å². The molecule has 0 aliphatic carbocycles. The Morgan fingerprint density at radius 1 is 1.42 bits per heavy atom. The highest BCUT2D eigenvalue weighted by Gasteiger charge is 2.13. The van der Waals surface area contributed by atoms with Crippen LogP contribution in [0.25, 0.3) is 0 Å². The number of hydrogen-bond acceptors (Lipinski definition) is 6. The number of carbonyl (C=O) groups is 1. The van der Waals surface area contributed by atoms with Gasteiger partial charge in [0.05, 0.1) is 5.75 Å². The second kappa shape index (κ2) is 6.69. The number of nitrogens with two attached hydrogens (primary N) is 2. The lowest BCUT2D eigenvalue weighted by atomic mass is 10.2. The van der Waals surface area contributed by atoms with E-state index in [0.717, 1.165) is 0 Å². The summed E-state index contributed by atoms with van der Waals surface area (Å²) in [4.78, 5) is 19.9. The van der Waals surface area contributed by atoms with Gasteiger partial charge in [0.2, 0.25) is 0 Å². The normalized spacial score (nSPS) is 11.6. The Bertz CT molecular complexity index is 575. The molecule has 0 aliphatic rings. The molecule has 1 aromatic heterocycles. The molecule has 1 amide bonds. The summed E-state index contributed by atoms with van der Waals surface area (Å²) < 4.78 is 21.4. The number of amidine groups is 1. The Morgan fingerprint density at radius 2 is 2.11 bits per heavy atom. The van der Waals surface area contributed by atoms with Crippen molar-refractivity contribution in [3.05, 3.63) is 29.1 Å². The number of primary amides is 1. The van der Waals surface area contributed by atoms with Gasteiger partial charge < -0.3 is 16.3 Å². The van der Waals surface area contributed by atoms with Gasteiger partial charge in [0, 0.05) is 0 Å². The second-order valence-electron chi connectivity index (χ2n) is 3.45. The van der Waals surface area contributed by atoms with Crippen LogP contribution in [-0.4, -0.2) is 31.8 Å². The predicted molar refractivity (Wildman–Crippen MR) is 69.1 cm³/mol. The zero-order chi connectivity index (χ0) is 14.4. The first kappa shape index (κ1) is 14.9. The average Bonchev–Trinajstić information content (AvgIpc) is 2.35. The Kier molecular flexibility index (Phi) is 5.24. The van der Waals surface area contributed by atoms with Crippen molar-refractivity contribution < 1.29 is 18.0 Å². The van der Waals surface area contributed by atoms with Crippen molar-refractivity contribution in [3.8, 4) is 0 Å². The summed E-state index contributed by atoms with van der Waals surface area (Å²) in [5, 5.41) is 3.56. The number of pyridine rings is 1. The van der Waals surface area contributed by atoms with E-state index in [1.165, 1.54) is 12.1 Å². The fourth-order valence-corrected chi connectivity index (χ4v) is 1.82. The highest BCUT2D eigenvalue weighted by atomic mass is 32.2. The molecule has 9 heteroatoms. The van der Waals surface area contributed by atoms with E-state index in [2.05, 4.69) is 10.1 Å². The molecule has 0 saturated heterocycles. The average molecular weight is 286 g/mol. The zero-order valence-corrected chi connectivity index (χ0v) is 11.1. The van der Waals surface area contributed by atoms with E-state index in [1.807, 2.05) is 0 Å². The maximum Gasteiger partial charge on any atom is 0.267 e. The number of nitrogens with zero attached hydrogens (tertiary/aromatic N) is 2. The third-order valence-electron chi connectivity index (χ3n) is 2.07. The zero-order valence-electron chi connectivity index (χ0n) is 10.2. The Hall–Kier alpha value is -2.16. The highest BCUT2D eigenvalue weighted by Crippen LogP contribution is 2.09. The van der Waals surface area contributed by atoms with Crippen molar-refractivity contribution in [1.82, 2.24) is 4.98 Å². The molecule has 0 unspecified atom stereocenters. The minimum Gasteiger partial charge on any atom is -0.394 e. The maximum absolute atomic E-state index is 11.2. The minimum atomic E-state index is -2.69. The van der Waals surface area contributed by atoms with Crippen molar-refractivity contribution >= 4 is 22.4 Å². The van der Waals surface area contributed by atoms with Crippen LogP contribution in [0.1, 0.15) is 28.7 Å². The van der Waals surface area contributed by atoms with Gasteiger partial charge in [-0.3, -0.25) is 4.79 Å². The molecule has 0 fully saturated rings. The summed E-state index contributed by atoms with van der Waals surface area (Å²) >= 11 is 0. The molecular formula is C10H14N4O4S. The van der Waals surface area contributed by atoms with Crippen LogP contribution in [0.3, 0.4) is 0 Å². The van der Waals surface area contributed by atoms with Gasteiger partial charge in [0.15, 0.2) is 5.84 Å². The molecule has 19 heavy (non-hydrogen) atoms. The smallest absolute Gasteiger partial charge is 0.267 e. The standard InChI is InChI=1S/C10H14N4O4S/c1-2-18-14-9(11)7-4-3-6(5-19(16)17)8(13-7)10(12)15/h3-4,19H,2,5H2,1H3,(H2,11,14)(H2,12,15). The first-order valence-corrected chi connectivity index (χ1v) is 6.69. The molecule has 1 aromatic rings. The number of amides is 1. The lowest BCUT2D eigenvalue weighted by Gasteiger charge is -2.06. The molecule has 0 bridgehead atoms. The van der Waals surface area contributed by atoms with Gasteiger partial charge in [-0.1, -0.05) is 11.2 Å². The van der Waals surface area contributed by atoms with E-state index in [0.29, 0.717) is 6.61 Å². The number of thiol groups is 1. The van der Waals surface area contributed by atoms with Crippen molar-refractivity contribution in [1.29, 1.82) is 0 Å². The summed E-state index contributed by atoms with van der Waals surface area (Å²) in [6.07, 6.45) is 0. The topological polar surface area (TPSA) is 138 Å².